The van der Waals surface area contributed by atoms with E-state index in [-0.39, 0.29) is 11.5 Å². The van der Waals surface area contributed by atoms with Gasteiger partial charge >= 0.3 is 5.97 Å². The summed E-state index contributed by atoms with van der Waals surface area (Å²) in [6, 6.07) is 12.2. The minimum Gasteiger partial charge on any atom is -0.478 e. The van der Waals surface area contributed by atoms with E-state index in [1.165, 1.54) is 0 Å². The fourth-order valence-corrected chi connectivity index (χ4v) is 2.34. The average molecular weight is 334 g/mol. The fourth-order valence-electron chi connectivity index (χ4n) is 2.34. The molecule has 0 saturated heterocycles. The van der Waals surface area contributed by atoms with E-state index in [2.05, 4.69) is 20.3 Å². The van der Waals surface area contributed by atoms with Gasteiger partial charge in [0.15, 0.2) is 0 Å². The van der Waals surface area contributed by atoms with Crippen LogP contribution >= 0.6 is 0 Å². The SMILES string of the molecule is CC(C)c1nc(Nc2cccc(C(=O)O)c2)cc(-c2ccncc2)n1. The quantitative estimate of drug-likeness (QED) is 0.730. The van der Waals surface area contributed by atoms with Gasteiger partial charge in [-0.25, -0.2) is 14.8 Å². The summed E-state index contributed by atoms with van der Waals surface area (Å²) in [6.45, 7) is 4.06. The van der Waals surface area contributed by atoms with Gasteiger partial charge in [0, 0.05) is 35.6 Å². The van der Waals surface area contributed by atoms with Crippen molar-refractivity contribution in [2.24, 2.45) is 0 Å². The van der Waals surface area contributed by atoms with Crippen LogP contribution in [0.3, 0.4) is 0 Å². The van der Waals surface area contributed by atoms with Crippen molar-refractivity contribution in [3.63, 3.8) is 0 Å². The van der Waals surface area contributed by atoms with Crippen molar-refractivity contribution in [1.29, 1.82) is 0 Å². The molecule has 0 atom stereocenters. The predicted molar refractivity (Wildman–Crippen MR) is 96.0 cm³/mol. The van der Waals surface area contributed by atoms with Crippen LogP contribution < -0.4 is 5.32 Å². The van der Waals surface area contributed by atoms with Gasteiger partial charge in [-0.1, -0.05) is 19.9 Å². The van der Waals surface area contributed by atoms with Gasteiger partial charge in [-0.05, 0) is 30.3 Å². The number of anilines is 2. The van der Waals surface area contributed by atoms with Gasteiger partial charge in [-0.15, -0.1) is 0 Å². The Labute approximate surface area is 145 Å². The van der Waals surface area contributed by atoms with Gasteiger partial charge in [0.1, 0.15) is 11.6 Å². The molecule has 6 heteroatoms. The molecule has 0 radical (unpaired) electrons. The van der Waals surface area contributed by atoms with Gasteiger partial charge in [0.25, 0.3) is 0 Å². The molecule has 25 heavy (non-hydrogen) atoms. The Kier molecular flexibility index (Phi) is 4.70. The molecule has 0 unspecified atom stereocenters. The van der Waals surface area contributed by atoms with Gasteiger partial charge < -0.3 is 10.4 Å². The van der Waals surface area contributed by atoms with Crippen molar-refractivity contribution >= 4 is 17.5 Å². The third kappa shape index (κ3) is 3.98. The number of aromatic nitrogens is 3. The monoisotopic (exact) mass is 334 g/mol. The molecule has 0 aliphatic heterocycles. The first-order chi connectivity index (χ1) is 12.0. The molecule has 6 nitrogen and oxygen atoms in total. The van der Waals surface area contributed by atoms with Crippen molar-refractivity contribution in [2.75, 3.05) is 5.32 Å². The number of rotatable bonds is 5. The van der Waals surface area contributed by atoms with E-state index in [9.17, 15) is 4.79 Å². The number of pyridine rings is 1. The highest BCUT2D eigenvalue weighted by Gasteiger charge is 2.11. The summed E-state index contributed by atoms with van der Waals surface area (Å²) in [5.74, 6) is 0.527. The zero-order valence-electron chi connectivity index (χ0n) is 14.0. The zero-order valence-corrected chi connectivity index (χ0v) is 14.0. The third-order valence-corrected chi connectivity index (χ3v) is 3.62. The minimum absolute atomic E-state index is 0.160. The summed E-state index contributed by atoms with van der Waals surface area (Å²) < 4.78 is 0. The molecule has 2 aromatic heterocycles. The summed E-state index contributed by atoms with van der Waals surface area (Å²) >= 11 is 0. The fraction of sp³-hybridized carbons (Fsp3) is 0.158. The van der Waals surface area contributed by atoms with Crippen molar-refractivity contribution in [2.45, 2.75) is 19.8 Å². The van der Waals surface area contributed by atoms with Gasteiger partial charge in [0.05, 0.1) is 11.3 Å². The summed E-state index contributed by atoms with van der Waals surface area (Å²) in [5, 5.41) is 12.3. The lowest BCUT2D eigenvalue weighted by Gasteiger charge is -2.12. The number of hydrogen-bond acceptors (Lipinski definition) is 5. The second-order valence-corrected chi connectivity index (χ2v) is 5.90. The van der Waals surface area contributed by atoms with Crippen molar-refractivity contribution in [3.8, 4) is 11.3 Å². The smallest absolute Gasteiger partial charge is 0.335 e. The number of nitrogens with zero attached hydrogens (tertiary/aromatic N) is 3. The summed E-state index contributed by atoms with van der Waals surface area (Å²) in [5.41, 5.74) is 2.62. The van der Waals surface area contributed by atoms with Crippen LogP contribution in [0.2, 0.25) is 0 Å². The average Bonchev–Trinajstić information content (AvgIpc) is 2.62. The Morgan fingerprint density at radius 2 is 1.84 bits per heavy atom. The first kappa shape index (κ1) is 16.6. The lowest BCUT2D eigenvalue weighted by molar-refractivity contribution is 0.0697. The molecule has 3 aromatic rings. The normalized spacial score (nSPS) is 10.7. The lowest BCUT2D eigenvalue weighted by atomic mass is 10.1. The van der Waals surface area contributed by atoms with Crippen molar-refractivity contribution in [3.05, 3.63) is 66.2 Å². The highest BCUT2D eigenvalue weighted by molar-refractivity contribution is 5.89. The Bertz CT molecular complexity index is 895. The number of carboxylic acids is 1. The molecular formula is C19H18N4O2. The highest BCUT2D eigenvalue weighted by Crippen LogP contribution is 2.24. The molecular weight excluding hydrogens is 316 g/mol. The van der Waals surface area contributed by atoms with Crippen LogP contribution in [0.5, 0.6) is 0 Å². The second-order valence-electron chi connectivity index (χ2n) is 5.90. The third-order valence-electron chi connectivity index (χ3n) is 3.62. The number of hydrogen-bond donors (Lipinski definition) is 2. The molecule has 0 aliphatic carbocycles. The molecule has 126 valence electrons. The summed E-state index contributed by atoms with van der Waals surface area (Å²) in [4.78, 5) is 24.3. The molecule has 0 aliphatic rings. The van der Waals surface area contributed by atoms with Crippen molar-refractivity contribution in [1.82, 2.24) is 15.0 Å². The van der Waals surface area contributed by atoms with Crippen LogP contribution in [0.4, 0.5) is 11.5 Å². The molecule has 2 heterocycles. The number of aromatic carboxylic acids is 1. The Balaban J connectivity index is 1.99. The first-order valence-corrected chi connectivity index (χ1v) is 7.92. The lowest BCUT2D eigenvalue weighted by Crippen LogP contribution is -2.04. The topological polar surface area (TPSA) is 88.0 Å². The molecule has 3 rings (SSSR count). The molecule has 0 saturated carbocycles. The Hall–Kier alpha value is -3.28. The maximum atomic E-state index is 11.1. The Morgan fingerprint density at radius 3 is 2.52 bits per heavy atom. The highest BCUT2D eigenvalue weighted by atomic mass is 16.4. The predicted octanol–water partition coefficient (Wildman–Crippen LogP) is 4.10. The van der Waals surface area contributed by atoms with Crippen LogP contribution in [-0.4, -0.2) is 26.0 Å². The number of nitrogens with one attached hydrogen (secondary N) is 1. The molecule has 1 aromatic carbocycles. The largest absolute Gasteiger partial charge is 0.478 e. The first-order valence-electron chi connectivity index (χ1n) is 7.92. The standard InChI is InChI=1S/C19H18N4O2/c1-12(2)18-22-16(13-6-8-20-9-7-13)11-17(23-18)21-15-5-3-4-14(10-15)19(24)25/h3-12H,1-2H3,(H,24,25)(H,21,22,23). The van der Waals surface area contributed by atoms with Crippen LogP contribution in [0.1, 0.15) is 35.9 Å². The maximum Gasteiger partial charge on any atom is 0.335 e. The van der Waals surface area contributed by atoms with Crippen LogP contribution in [0.25, 0.3) is 11.3 Å². The molecule has 0 fully saturated rings. The summed E-state index contributed by atoms with van der Waals surface area (Å²) in [6.07, 6.45) is 3.44. The second kappa shape index (κ2) is 7.09. The van der Waals surface area contributed by atoms with E-state index in [1.54, 1.807) is 36.7 Å². The van der Waals surface area contributed by atoms with Gasteiger partial charge in [-0.2, -0.15) is 0 Å². The molecule has 0 amide bonds. The Morgan fingerprint density at radius 1 is 1.08 bits per heavy atom. The van der Waals surface area contributed by atoms with E-state index >= 15 is 0 Å². The van der Waals surface area contributed by atoms with Gasteiger partial charge in [0.2, 0.25) is 0 Å². The maximum absolute atomic E-state index is 11.1. The summed E-state index contributed by atoms with van der Waals surface area (Å²) in [7, 11) is 0. The molecule has 0 spiro atoms. The van der Waals surface area contributed by atoms with E-state index in [1.807, 2.05) is 32.0 Å². The van der Waals surface area contributed by atoms with E-state index in [0.29, 0.717) is 17.3 Å². The van der Waals surface area contributed by atoms with E-state index in [4.69, 9.17) is 5.11 Å². The van der Waals surface area contributed by atoms with Crippen LogP contribution in [0, 0.1) is 0 Å². The van der Waals surface area contributed by atoms with Gasteiger partial charge in [-0.3, -0.25) is 4.98 Å². The van der Waals surface area contributed by atoms with E-state index in [0.717, 1.165) is 11.3 Å². The van der Waals surface area contributed by atoms with Crippen LogP contribution in [-0.2, 0) is 0 Å². The number of benzene rings is 1. The minimum atomic E-state index is -0.966. The number of carboxylic acid groups (broad SMARTS) is 1. The van der Waals surface area contributed by atoms with Crippen molar-refractivity contribution < 1.29 is 9.90 Å². The van der Waals surface area contributed by atoms with Crippen LogP contribution in [0.15, 0.2) is 54.9 Å². The molecule has 2 N–H and O–H groups in total. The molecule has 0 bridgehead atoms. The zero-order chi connectivity index (χ0) is 17.8. The number of carbonyl (C=O) groups is 1. The van der Waals surface area contributed by atoms with E-state index < -0.39 is 5.97 Å².